The molecule has 0 saturated heterocycles. The average Bonchev–Trinajstić information content (AvgIpc) is 3.85. The number of rotatable bonds is 8. The van der Waals surface area contributed by atoms with Gasteiger partial charge in [0, 0.05) is 11.5 Å². The molecule has 1 fully saturated rings. The Morgan fingerprint density at radius 2 is 0.701 bits per heavy atom. The van der Waals surface area contributed by atoms with Crippen LogP contribution in [-0.4, -0.2) is 16.9 Å². The van der Waals surface area contributed by atoms with E-state index in [2.05, 4.69) is 17.1 Å². The first-order valence-electron chi connectivity index (χ1n) is 21.9. The van der Waals surface area contributed by atoms with Gasteiger partial charge in [0.05, 0.1) is 50.7 Å². The summed E-state index contributed by atoms with van der Waals surface area (Å²) in [6.45, 7) is 0.772. The molecule has 0 amide bonds. The van der Waals surface area contributed by atoms with Crippen LogP contribution < -0.4 is 26.4 Å². The lowest BCUT2D eigenvalue weighted by molar-refractivity contribution is -0.689. The molecule has 5 aromatic carbocycles. The summed E-state index contributed by atoms with van der Waals surface area (Å²) >= 11 is 0. The minimum absolute atomic E-state index is 0.190. The van der Waals surface area contributed by atoms with E-state index in [9.17, 15) is 110 Å². The van der Waals surface area contributed by atoms with Crippen LogP contribution in [0.3, 0.4) is 0 Å². The number of carbonyl (C=O) groups is 1. The van der Waals surface area contributed by atoms with E-state index in [1.54, 1.807) is 6.20 Å². The topological polar surface area (TPSA) is 33.8 Å². The van der Waals surface area contributed by atoms with Crippen molar-refractivity contribution in [3.63, 3.8) is 0 Å². The van der Waals surface area contributed by atoms with E-state index in [-0.39, 0.29) is 11.7 Å². The number of alkyl halides is 24. The first-order chi connectivity index (χ1) is 35.1. The van der Waals surface area contributed by atoms with E-state index in [4.69, 9.17) is 0 Å². The molecule has 1 aromatic heterocycles. The smallest absolute Gasteiger partial charge is 0.292 e. The van der Waals surface area contributed by atoms with Crippen molar-refractivity contribution in [1.82, 2.24) is 4.98 Å². The lowest BCUT2D eigenvalue weighted by atomic mass is 9.12. The normalized spacial score (nSPS) is 14.6. The number of benzene rings is 5. The molecule has 0 spiro atoms. The van der Waals surface area contributed by atoms with Crippen LogP contribution in [-0.2, 0) is 56.0 Å². The molecule has 3 nitrogen and oxygen atoms in total. The number of nitrogens with zero attached hydrogens (tertiary/aromatic N) is 2. The van der Waals surface area contributed by atoms with E-state index in [0.717, 1.165) is 19.4 Å². The van der Waals surface area contributed by atoms with E-state index in [0.29, 0.717) is 5.69 Å². The highest BCUT2D eigenvalue weighted by atomic mass is 19.4. The number of hydrogen-bond acceptors (Lipinski definition) is 2. The fourth-order valence-corrected chi connectivity index (χ4v) is 8.92. The van der Waals surface area contributed by atoms with Crippen molar-refractivity contribution < 1.29 is 115 Å². The van der Waals surface area contributed by atoms with Gasteiger partial charge >= 0.3 is 49.4 Å². The van der Waals surface area contributed by atoms with Gasteiger partial charge in [-0.15, -0.1) is 0 Å². The first-order valence-corrected chi connectivity index (χ1v) is 21.9. The molecular formula is C49H31BF24N2O. The number of ketones is 1. The summed E-state index contributed by atoms with van der Waals surface area (Å²) in [5.74, 6) is 0.403. The van der Waals surface area contributed by atoms with Gasteiger partial charge in [-0.1, -0.05) is 91.7 Å². The maximum Gasteiger partial charge on any atom is 0.416 e. The Hall–Kier alpha value is -6.77. The van der Waals surface area contributed by atoms with Crippen molar-refractivity contribution >= 4 is 33.8 Å². The number of Topliss-reactive ketones (excluding diaryl/α,β-unsaturated/α-hetero) is 1. The van der Waals surface area contributed by atoms with E-state index in [1.807, 2.05) is 35.2 Å². The van der Waals surface area contributed by atoms with E-state index < -0.39 is 195 Å². The molecule has 0 radical (unpaired) electrons. The summed E-state index contributed by atoms with van der Waals surface area (Å²) in [6.07, 6.45) is -44.9. The minimum Gasteiger partial charge on any atom is -0.292 e. The van der Waals surface area contributed by atoms with Gasteiger partial charge in [0.1, 0.15) is 6.15 Å². The van der Waals surface area contributed by atoms with Gasteiger partial charge in [-0.05, 0) is 37.1 Å². The lowest BCUT2D eigenvalue weighted by Gasteiger charge is -2.46. The van der Waals surface area contributed by atoms with E-state index in [1.165, 1.54) is 18.4 Å². The van der Waals surface area contributed by atoms with Crippen molar-refractivity contribution in [2.75, 3.05) is 0 Å². The zero-order chi connectivity index (χ0) is 57.7. The summed E-state index contributed by atoms with van der Waals surface area (Å²) in [5, 5.41) is 0. The van der Waals surface area contributed by atoms with Gasteiger partial charge in [-0.3, -0.25) is 4.79 Å². The van der Waals surface area contributed by atoms with Crippen LogP contribution in [0.5, 0.6) is 0 Å². The molecule has 77 heavy (non-hydrogen) atoms. The Labute approximate surface area is 418 Å². The first kappa shape index (κ1) is 59.5. The zero-order valence-electron chi connectivity index (χ0n) is 38.1. The number of carbonyl (C=O) groups excluding carboxylic acids is 1. The molecule has 1 aliphatic rings. The second kappa shape index (κ2) is 20.9. The molecule has 1 heterocycles. The second-order valence-corrected chi connectivity index (χ2v) is 17.7. The van der Waals surface area contributed by atoms with Gasteiger partial charge in [0.2, 0.25) is 0 Å². The molecule has 0 atom stereocenters. The van der Waals surface area contributed by atoms with Gasteiger partial charge in [0.15, 0.2) is 30.4 Å². The maximum atomic E-state index is 14.2. The third-order valence-corrected chi connectivity index (χ3v) is 12.4. The quantitative estimate of drug-likeness (QED) is 0.0659. The fraction of sp³-hybridized carbons (Fsp3) is 0.286. The number of halogens is 24. The van der Waals surface area contributed by atoms with Crippen LogP contribution in [0, 0.1) is 5.92 Å². The average molecular weight is 1130 g/mol. The predicted molar refractivity (Wildman–Crippen MR) is 226 cm³/mol. The van der Waals surface area contributed by atoms with Crippen molar-refractivity contribution in [2.45, 2.75) is 81.6 Å². The zero-order valence-corrected chi connectivity index (χ0v) is 38.1. The third-order valence-electron chi connectivity index (χ3n) is 12.4. The van der Waals surface area contributed by atoms with Crippen molar-refractivity contribution in [3.8, 4) is 0 Å². The summed E-state index contributed by atoms with van der Waals surface area (Å²) < 4.78 is 343. The lowest BCUT2D eigenvalue weighted by Crippen LogP contribution is -2.75. The molecular weight excluding hydrogens is 1100 g/mol. The summed E-state index contributed by atoms with van der Waals surface area (Å²) in [6, 6.07) is 1.44. The molecule has 0 aliphatic heterocycles. The number of aromatic nitrogens is 2. The second-order valence-electron chi connectivity index (χ2n) is 17.7. The molecule has 0 unspecified atom stereocenters. The van der Waals surface area contributed by atoms with Crippen LogP contribution in [0.4, 0.5) is 105 Å². The Kier molecular flexibility index (Phi) is 16.1. The molecule has 6 aromatic rings. The largest absolute Gasteiger partial charge is 0.416 e. The maximum absolute atomic E-state index is 14.2. The minimum atomic E-state index is -6.13. The number of hydrogen-bond donors (Lipinski definition) is 0. The van der Waals surface area contributed by atoms with Gasteiger partial charge in [0.25, 0.3) is 0 Å². The third kappa shape index (κ3) is 13.9. The molecule has 28 heteroatoms. The standard InChI is InChI=1S/C32H12BF24.C17H19N2O/c34-25(35,36)13-1-14(26(37,38)39)6-21(5-13)33(22-7-15(27(40,41)42)2-16(8-22)28(43,44)45,23-9-17(29(46,47)48)3-18(10-23)30(49,50)51)24-11-19(31(52,53)54)4-20(12-24)32(55,56)57;20-17(15-8-4-5-9-15)16-13-19(11-10-18-16)12-14-6-2-1-3-7-14/h1-12H;1-3,6-7,10-11,13,15H,4-5,8-9,12H2/q-1;+1. The predicted octanol–water partition coefficient (Wildman–Crippen LogP) is 14.0. The van der Waals surface area contributed by atoms with Crippen LogP contribution in [0.2, 0.25) is 0 Å². The van der Waals surface area contributed by atoms with Gasteiger partial charge in [-0.2, -0.15) is 132 Å². The van der Waals surface area contributed by atoms with Crippen LogP contribution in [0.1, 0.15) is 86.2 Å². The van der Waals surface area contributed by atoms with Crippen LogP contribution in [0.15, 0.2) is 122 Å². The highest BCUT2D eigenvalue weighted by Gasteiger charge is 2.47. The van der Waals surface area contributed by atoms with Crippen LogP contribution >= 0.6 is 0 Å². The Morgan fingerprint density at radius 1 is 0.429 bits per heavy atom. The summed E-state index contributed by atoms with van der Waals surface area (Å²) in [4.78, 5) is 16.6. The fourth-order valence-electron chi connectivity index (χ4n) is 8.92. The van der Waals surface area contributed by atoms with Crippen molar-refractivity contribution in [2.24, 2.45) is 5.92 Å². The molecule has 414 valence electrons. The molecule has 0 bridgehead atoms. The molecule has 7 rings (SSSR count). The molecule has 1 saturated carbocycles. The summed E-state index contributed by atoms with van der Waals surface area (Å²) in [7, 11) is 0. The van der Waals surface area contributed by atoms with Gasteiger partial charge in [-0.25, -0.2) is 4.98 Å². The van der Waals surface area contributed by atoms with Gasteiger partial charge < -0.3 is 0 Å². The highest BCUT2D eigenvalue weighted by molar-refractivity contribution is 7.20. The Bertz CT molecular complexity index is 2650. The van der Waals surface area contributed by atoms with Crippen molar-refractivity contribution in [1.29, 1.82) is 0 Å². The highest BCUT2D eigenvalue weighted by Crippen LogP contribution is 2.41. The molecule has 1 aliphatic carbocycles. The Morgan fingerprint density at radius 3 is 0.961 bits per heavy atom. The Balaban J connectivity index is 0.000000397. The SMILES string of the molecule is FC(F)(F)c1cc([B-](c2cc(C(F)(F)F)cc(C(F)(F)F)c2)(c2cc(C(F)(F)F)cc(C(F)(F)F)c2)c2cc(C(F)(F)F)cc(C(F)(F)F)c2)cc(C(F)(F)F)c1.O=C(c1c[n+](Cc2ccccc2)ccn1)C1CCCC1. The van der Waals surface area contributed by atoms with E-state index >= 15 is 0 Å². The van der Waals surface area contributed by atoms with Crippen LogP contribution in [0.25, 0.3) is 0 Å². The molecule has 0 N–H and O–H groups in total. The monoisotopic (exact) mass is 1130 g/mol. The van der Waals surface area contributed by atoms with Crippen molar-refractivity contribution in [3.05, 3.63) is 177 Å². The summed E-state index contributed by atoms with van der Waals surface area (Å²) in [5.41, 5.74) is -28.4.